The van der Waals surface area contributed by atoms with E-state index in [1.165, 1.54) is 11.4 Å². The van der Waals surface area contributed by atoms with E-state index < -0.39 is 10.0 Å². The maximum atomic E-state index is 12.3. The van der Waals surface area contributed by atoms with Crippen molar-refractivity contribution < 1.29 is 13.0 Å². The molecular formula is C13H12NO3PS. The molecule has 0 amide bonds. The zero-order chi connectivity index (χ0) is 13.9. The highest BCUT2D eigenvalue weighted by atomic mass is 32.2. The lowest BCUT2D eigenvalue weighted by Gasteiger charge is -2.19. The summed E-state index contributed by atoms with van der Waals surface area (Å²) in [6.07, 6.45) is 0. The fraction of sp³-hybridized carbons (Fsp3) is 0.0769. The Morgan fingerprint density at radius 1 is 0.947 bits per heavy atom. The quantitative estimate of drug-likeness (QED) is 0.814. The Morgan fingerprint density at radius 2 is 1.53 bits per heavy atom. The molecule has 0 aromatic heterocycles. The lowest BCUT2D eigenvalue weighted by Crippen LogP contribution is -2.26. The standard InChI is InChI=1S/C13H12NO3PS/c1-14(11-7-9-12(18-15)10-8-11)19(16,17)13-5-3-2-4-6-13/h2-10H,1H3. The third kappa shape index (κ3) is 2.83. The second kappa shape index (κ2) is 5.51. The van der Waals surface area contributed by atoms with E-state index in [9.17, 15) is 13.0 Å². The van der Waals surface area contributed by atoms with Crippen molar-refractivity contribution in [3.05, 3.63) is 54.6 Å². The molecule has 98 valence electrons. The van der Waals surface area contributed by atoms with Gasteiger partial charge in [-0.15, -0.1) is 0 Å². The van der Waals surface area contributed by atoms with Gasteiger partial charge in [-0.25, -0.2) is 8.42 Å². The third-order valence-electron chi connectivity index (χ3n) is 2.72. The molecule has 0 N–H and O–H groups in total. The lowest BCUT2D eigenvalue weighted by molar-refractivity contribution is 0.594. The van der Waals surface area contributed by atoms with Crippen LogP contribution in [0.1, 0.15) is 0 Å². The van der Waals surface area contributed by atoms with Crippen molar-refractivity contribution in [2.75, 3.05) is 11.4 Å². The first kappa shape index (κ1) is 13.7. The van der Waals surface area contributed by atoms with E-state index in [1.54, 1.807) is 54.6 Å². The highest BCUT2D eigenvalue weighted by Crippen LogP contribution is 2.21. The van der Waals surface area contributed by atoms with Crippen molar-refractivity contribution in [3.8, 4) is 0 Å². The van der Waals surface area contributed by atoms with E-state index in [1.807, 2.05) is 0 Å². The molecule has 6 heteroatoms. The van der Waals surface area contributed by atoms with Gasteiger partial charge in [-0.2, -0.15) is 0 Å². The van der Waals surface area contributed by atoms with Gasteiger partial charge in [-0.1, -0.05) is 18.2 Å². The zero-order valence-corrected chi connectivity index (χ0v) is 11.9. The number of rotatable bonds is 4. The molecule has 0 unspecified atom stereocenters. The molecule has 0 bridgehead atoms. The molecule has 0 spiro atoms. The van der Waals surface area contributed by atoms with Gasteiger partial charge in [0.1, 0.15) is 0 Å². The van der Waals surface area contributed by atoms with Crippen LogP contribution >= 0.6 is 8.46 Å². The second-order valence-corrected chi connectivity index (χ2v) is 6.56. The molecule has 0 fully saturated rings. The van der Waals surface area contributed by atoms with Gasteiger partial charge >= 0.3 is 0 Å². The summed E-state index contributed by atoms with van der Waals surface area (Å²) < 4.78 is 36.6. The van der Waals surface area contributed by atoms with Gasteiger partial charge < -0.3 is 0 Å². The normalized spacial score (nSPS) is 11.4. The number of sulfonamides is 1. The fourth-order valence-corrected chi connectivity index (χ4v) is 3.10. The second-order valence-electron chi connectivity index (χ2n) is 3.89. The predicted molar refractivity (Wildman–Crippen MR) is 75.7 cm³/mol. The summed E-state index contributed by atoms with van der Waals surface area (Å²) in [6, 6.07) is 14.7. The zero-order valence-electron chi connectivity index (χ0n) is 10.2. The third-order valence-corrected chi connectivity index (χ3v) is 5.03. The first-order chi connectivity index (χ1) is 9.05. The molecule has 2 rings (SSSR count). The minimum Gasteiger partial charge on any atom is -0.269 e. The van der Waals surface area contributed by atoms with Gasteiger partial charge in [0.25, 0.3) is 10.0 Å². The molecule has 4 nitrogen and oxygen atoms in total. The van der Waals surface area contributed by atoms with E-state index in [4.69, 9.17) is 0 Å². The van der Waals surface area contributed by atoms with E-state index in [2.05, 4.69) is 0 Å². The van der Waals surface area contributed by atoms with Crippen LogP contribution in [0.2, 0.25) is 0 Å². The summed E-state index contributed by atoms with van der Waals surface area (Å²) in [5.74, 6) is 0. The highest BCUT2D eigenvalue weighted by molar-refractivity contribution is 7.92. The van der Waals surface area contributed by atoms with Crippen molar-refractivity contribution >= 4 is 29.5 Å². The van der Waals surface area contributed by atoms with E-state index in [-0.39, 0.29) is 13.4 Å². The Hall–Kier alpha value is -1.71. The highest BCUT2D eigenvalue weighted by Gasteiger charge is 2.20. The Morgan fingerprint density at radius 3 is 2.05 bits per heavy atom. The van der Waals surface area contributed by atoms with Crippen LogP contribution in [-0.2, 0) is 14.6 Å². The summed E-state index contributed by atoms with van der Waals surface area (Å²) in [6.45, 7) is 0. The monoisotopic (exact) mass is 293 g/mol. The molecule has 2 aromatic carbocycles. The Labute approximate surface area is 113 Å². The molecule has 2 aromatic rings. The average Bonchev–Trinajstić information content (AvgIpc) is 2.47. The van der Waals surface area contributed by atoms with Crippen LogP contribution in [0.25, 0.3) is 0 Å². The number of nitrogens with zero attached hydrogens (tertiary/aromatic N) is 1. The average molecular weight is 293 g/mol. The van der Waals surface area contributed by atoms with Crippen LogP contribution in [0.3, 0.4) is 0 Å². The molecule has 19 heavy (non-hydrogen) atoms. The van der Waals surface area contributed by atoms with Gasteiger partial charge in [0.15, 0.2) is 8.46 Å². The summed E-state index contributed by atoms with van der Waals surface area (Å²) in [4.78, 5) is 0.239. The predicted octanol–water partition coefficient (Wildman–Crippen LogP) is 2.43. The van der Waals surface area contributed by atoms with Crippen molar-refractivity contribution in [3.63, 3.8) is 0 Å². The summed E-state index contributed by atoms with van der Waals surface area (Å²) >= 11 is 0. The fourth-order valence-electron chi connectivity index (χ4n) is 1.61. The SMILES string of the molecule is CN(c1ccc(P=O)cc1)S(=O)(=O)c1ccccc1. The van der Waals surface area contributed by atoms with Crippen LogP contribution in [0.15, 0.2) is 59.5 Å². The van der Waals surface area contributed by atoms with E-state index in [0.717, 1.165) is 0 Å². The molecule has 0 saturated heterocycles. The summed E-state index contributed by atoms with van der Waals surface area (Å²) in [5, 5.41) is 0.606. The largest absolute Gasteiger partial charge is 0.269 e. The minimum atomic E-state index is -3.56. The van der Waals surface area contributed by atoms with E-state index >= 15 is 0 Å². The molecule has 0 aliphatic carbocycles. The first-order valence-electron chi connectivity index (χ1n) is 5.53. The van der Waals surface area contributed by atoms with Crippen LogP contribution < -0.4 is 9.61 Å². The van der Waals surface area contributed by atoms with Crippen LogP contribution in [-0.4, -0.2) is 15.5 Å². The van der Waals surface area contributed by atoms with E-state index in [0.29, 0.717) is 11.0 Å². The van der Waals surface area contributed by atoms with Gasteiger partial charge in [-0.3, -0.25) is 8.87 Å². The molecule has 0 atom stereocenters. The molecular weight excluding hydrogens is 281 g/mol. The van der Waals surface area contributed by atoms with Crippen molar-refractivity contribution in [2.24, 2.45) is 0 Å². The van der Waals surface area contributed by atoms with Gasteiger partial charge in [0.2, 0.25) is 0 Å². The number of hydrogen-bond acceptors (Lipinski definition) is 3. The summed E-state index contributed by atoms with van der Waals surface area (Å²) in [7, 11) is -2.15. The Kier molecular flexibility index (Phi) is 3.98. The molecule has 0 radical (unpaired) electrons. The van der Waals surface area contributed by atoms with Crippen LogP contribution in [0.5, 0.6) is 0 Å². The Balaban J connectivity index is 2.37. The number of anilines is 1. The lowest BCUT2D eigenvalue weighted by atomic mass is 10.3. The van der Waals surface area contributed by atoms with Crippen molar-refractivity contribution in [1.82, 2.24) is 0 Å². The van der Waals surface area contributed by atoms with Gasteiger partial charge in [-0.05, 0) is 36.4 Å². The molecule has 0 saturated carbocycles. The van der Waals surface area contributed by atoms with Crippen LogP contribution in [0, 0.1) is 0 Å². The smallest absolute Gasteiger partial charge is 0.264 e. The molecule has 0 aliphatic rings. The van der Waals surface area contributed by atoms with Crippen LogP contribution in [0.4, 0.5) is 5.69 Å². The van der Waals surface area contributed by atoms with Crippen molar-refractivity contribution in [1.29, 1.82) is 0 Å². The number of hydrogen-bond donors (Lipinski definition) is 0. The van der Waals surface area contributed by atoms with Gasteiger partial charge in [0, 0.05) is 12.4 Å². The minimum absolute atomic E-state index is 0.0817. The molecule has 0 heterocycles. The van der Waals surface area contributed by atoms with Gasteiger partial charge in [0.05, 0.1) is 10.6 Å². The molecule has 0 aliphatic heterocycles. The Bertz CT molecular complexity index is 669. The number of benzene rings is 2. The maximum Gasteiger partial charge on any atom is 0.264 e. The first-order valence-corrected chi connectivity index (χ1v) is 7.78. The summed E-state index contributed by atoms with van der Waals surface area (Å²) in [5.41, 5.74) is 0.524. The maximum absolute atomic E-state index is 12.3. The topological polar surface area (TPSA) is 54.5 Å². The van der Waals surface area contributed by atoms with Crippen molar-refractivity contribution in [2.45, 2.75) is 4.90 Å².